The highest BCUT2D eigenvalue weighted by Crippen LogP contribution is 2.16. The third-order valence-corrected chi connectivity index (χ3v) is 4.12. The van der Waals surface area contributed by atoms with Gasteiger partial charge in [-0.3, -0.25) is 9.59 Å². The van der Waals surface area contributed by atoms with Crippen molar-refractivity contribution in [3.8, 4) is 0 Å². The van der Waals surface area contributed by atoms with Gasteiger partial charge in [-0.05, 0) is 30.9 Å². The minimum absolute atomic E-state index is 0.0192. The summed E-state index contributed by atoms with van der Waals surface area (Å²) in [7, 11) is 0. The number of benzene rings is 1. The van der Waals surface area contributed by atoms with Crippen LogP contribution < -0.4 is 5.32 Å². The summed E-state index contributed by atoms with van der Waals surface area (Å²) in [5, 5.41) is 2.96. The molecular weight excluding hydrogens is 288 g/mol. The summed E-state index contributed by atoms with van der Waals surface area (Å²) >= 11 is 0. The van der Waals surface area contributed by atoms with Crippen LogP contribution in [0.1, 0.15) is 57.6 Å². The maximum Gasteiger partial charge on any atom is 0.242 e. The number of aryl methyl sites for hydroxylation is 1. The Hall–Kier alpha value is -1.84. The Morgan fingerprint density at radius 3 is 2.43 bits per heavy atom. The van der Waals surface area contributed by atoms with Gasteiger partial charge in [0.1, 0.15) is 6.04 Å². The molecule has 0 fully saturated rings. The summed E-state index contributed by atoms with van der Waals surface area (Å²) < 4.78 is 0. The Balaban J connectivity index is 2.92. The third kappa shape index (κ3) is 5.70. The van der Waals surface area contributed by atoms with E-state index in [1.807, 2.05) is 45.0 Å². The van der Waals surface area contributed by atoms with Crippen LogP contribution in [0.4, 0.5) is 0 Å². The summed E-state index contributed by atoms with van der Waals surface area (Å²) in [5.41, 5.74) is 2.23. The van der Waals surface area contributed by atoms with Crippen LogP contribution in [0.2, 0.25) is 0 Å². The van der Waals surface area contributed by atoms with Crippen molar-refractivity contribution in [2.24, 2.45) is 0 Å². The Bertz CT molecular complexity index is 514. The van der Waals surface area contributed by atoms with Gasteiger partial charge >= 0.3 is 0 Å². The Morgan fingerprint density at radius 1 is 1.17 bits per heavy atom. The third-order valence-electron chi connectivity index (χ3n) is 4.12. The van der Waals surface area contributed by atoms with Crippen LogP contribution in [0.5, 0.6) is 0 Å². The van der Waals surface area contributed by atoms with Gasteiger partial charge in [0, 0.05) is 19.5 Å². The normalized spacial score (nSPS) is 11.8. The van der Waals surface area contributed by atoms with Crippen molar-refractivity contribution in [2.45, 2.75) is 66.0 Å². The summed E-state index contributed by atoms with van der Waals surface area (Å²) in [4.78, 5) is 26.6. The van der Waals surface area contributed by atoms with Gasteiger partial charge in [0.05, 0.1) is 0 Å². The van der Waals surface area contributed by atoms with Gasteiger partial charge in [-0.15, -0.1) is 0 Å². The molecule has 1 atom stereocenters. The highest BCUT2D eigenvalue weighted by Gasteiger charge is 2.27. The van der Waals surface area contributed by atoms with Crippen LogP contribution >= 0.6 is 0 Å². The molecule has 1 rings (SSSR count). The van der Waals surface area contributed by atoms with Gasteiger partial charge in [-0.1, -0.05) is 51.5 Å². The van der Waals surface area contributed by atoms with Crippen LogP contribution in [-0.4, -0.2) is 29.3 Å². The first-order chi connectivity index (χ1) is 11.0. The number of carbonyl (C=O) groups excluding carboxylic acids is 2. The summed E-state index contributed by atoms with van der Waals surface area (Å²) in [6.45, 7) is 9.08. The average molecular weight is 318 g/mol. The molecule has 0 saturated carbocycles. The molecule has 0 bridgehead atoms. The molecule has 0 aromatic heterocycles. The van der Waals surface area contributed by atoms with Crippen molar-refractivity contribution in [3.63, 3.8) is 0 Å². The predicted octanol–water partition coefficient (Wildman–Crippen LogP) is 3.43. The van der Waals surface area contributed by atoms with E-state index < -0.39 is 6.04 Å². The molecule has 1 unspecified atom stereocenters. The monoisotopic (exact) mass is 318 g/mol. The molecule has 0 aliphatic heterocycles. The van der Waals surface area contributed by atoms with Crippen molar-refractivity contribution in [3.05, 3.63) is 35.4 Å². The fraction of sp³-hybridized carbons (Fsp3) is 0.579. The zero-order valence-corrected chi connectivity index (χ0v) is 14.9. The highest BCUT2D eigenvalue weighted by atomic mass is 16.2. The standard InChI is InChI=1S/C19H30N2O2/c1-5-8-13-20-19(23)17(6-2)21(18(22)7-3)14-16-12-10-9-11-15(16)4/h9-12,17H,5-8,13-14H2,1-4H3,(H,20,23). The number of nitrogens with one attached hydrogen (secondary N) is 1. The number of nitrogens with zero attached hydrogens (tertiary/aromatic N) is 1. The summed E-state index contributed by atoms with van der Waals surface area (Å²) in [5.74, 6) is -0.0259. The van der Waals surface area contributed by atoms with E-state index in [-0.39, 0.29) is 11.8 Å². The molecule has 0 heterocycles. The molecule has 0 spiro atoms. The van der Waals surface area contributed by atoms with Gasteiger partial charge in [0.15, 0.2) is 0 Å². The molecule has 0 radical (unpaired) electrons. The minimum atomic E-state index is -0.404. The van der Waals surface area contributed by atoms with E-state index in [0.717, 1.165) is 24.0 Å². The quantitative estimate of drug-likeness (QED) is 0.709. The maximum absolute atomic E-state index is 12.5. The van der Waals surface area contributed by atoms with E-state index in [4.69, 9.17) is 0 Å². The number of carbonyl (C=O) groups is 2. The van der Waals surface area contributed by atoms with Gasteiger partial charge in [-0.2, -0.15) is 0 Å². The largest absolute Gasteiger partial charge is 0.354 e. The maximum atomic E-state index is 12.5. The number of unbranched alkanes of at least 4 members (excludes halogenated alkanes) is 1. The van der Waals surface area contributed by atoms with Gasteiger partial charge in [0.25, 0.3) is 0 Å². The van der Waals surface area contributed by atoms with Crippen LogP contribution in [0.25, 0.3) is 0 Å². The minimum Gasteiger partial charge on any atom is -0.354 e. The molecule has 0 aliphatic rings. The SMILES string of the molecule is CCCCNC(=O)C(CC)N(Cc1ccccc1C)C(=O)CC. The number of hydrogen-bond acceptors (Lipinski definition) is 2. The molecule has 23 heavy (non-hydrogen) atoms. The summed E-state index contributed by atoms with van der Waals surface area (Å²) in [6, 6.07) is 7.61. The fourth-order valence-corrected chi connectivity index (χ4v) is 2.60. The molecule has 0 aliphatic carbocycles. The van der Waals surface area contributed by atoms with E-state index in [0.29, 0.717) is 25.9 Å². The second-order valence-corrected chi connectivity index (χ2v) is 5.87. The predicted molar refractivity (Wildman–Crippen MR) is 94.0 cm³/mol. The average Bonchev–Trinajstić information content (AvgIpc) is 2.56. The van der Waals surface area contributed by atoms with Crippen molar-refractivity contribution in [1.82, 2.24) is 10.2 Å². The smallest absolute Gasteiger partial charge is 0.242 e. The molecule has 4 nitrogen and oxygen atoms in total. The van der Waals surface area contributed by atoms with E-state index in [1.165, 1.54) is 0 Å². The van der Waals surface area contributed by atoms with E-state index >= 15 is 0 Å². The fourth-order valence-electron chi connectivity index (χ4n) is 2.60. The number of hydrogen-bond donors (Lipinski definition) is 1. The lowest BCUT2D eigenvalue weighted by molar-refractivity contribution is -0.141. The first-order valence-electron chi connectivity index (χ1n) is 8.66. The molecule has 1 aromatic rings. The molecule has 128 valence electrons. The first-order valence-corrected chi connectivity index (χ1v) is 8.66. The lowest BCUT2D eigenvalue weighted by Gasteiger charge is -2.30. The van der Waals surface area contributed by atoms with E-state index in [1.54, 1.807) is 4.90 Å². The van der Waals surface area contributed by atoms with Crippen LogP contribution in [-0.2, 0) is 16.1 Å². The molecular formula is C19H30N2O2. The highest BCUT2D eigenvalue weighted by molar-refractivity contribution is 5.87. The Kier molecular flexibility index (Phi) is 8.38. The summed E-state index contributed by atoms with van der Waals surface area (Å²) in [6.07, 6.45) is 3.03. The van der Waals surface area contributed by atoms with Gasteiger partial charge in [-0.25, -0.2) is 0 Å². The van der Waals surface area contributed by atoms with Crippen LogP contribution in [0.15, 0.2) is 24.3 Å². The Morgan fingerprint density at radius 2 is 1.87 bits per heavy atom. The van der Waals surface area contributed by atoms with Crippen LogP contribution in [0.3, 0.4) is 0 Å². The van der Waals surface area contributed by atoms with E-state index in [2.05, 4.69) is 12.2 Å². The van der Waals surface area contributed by atoms with Gasteiger partial charge in [0.2, 0.25) is 11.8 Å². The van der Waals surface area contributed by atoms with Crippen molar-refractivity contribution >= 4 is 11.8 Å². The molecule has 1 aromatic carbocycles. The van der Waals surface area contributed by atoms with Crippen molar-refractivity contribution < 1.29 is 9.59 Å². The van der Waals surface area contributed by atoms with Crippen molar-refractivity contribution in [2.75, 3.05) is 6.54 Å². The second kappa shape index (κ2) is 10.0. The molecule has 2 amide bonds. The lowest BCUT2D eigenvalue weighted by atomic mass is 10.1. The topological polar surface area (TPSA) is 49.4 Å². The number of amides is 2. The number of rotatable bonds is 9. The zero-order valence-electron chi connectivity index (χ0n) is 14.9. The molecule has 0 saturated heterocycles. The zero-order chi connectivity index (χ0) is 17.2. The lowest BCUT2D eigenvalue weighted by Crippen LogP contribution is -2.49. The Labute approximate surface area is 140 Å². The van der Waals surface area contributed by atoms with Crippen LogP contribution in [0, 0.1) is 6.92 Å². The molecule has 4 heteroatoms. The first kappa shape index (κ1) is 19.2. The van der Waals surface area contributed by atoms with Gasteiger partial charge < -0.3 is 10.2 Å². The van der Waals surface area contributed by atoms with Crippen molar-refractivity contribution in [1.29, 1.82) is 0 Å². The molecule has 1 N–H and O–H groups in total. The second-order valence-electron chi connectivity index (χ2n) is 5.87. The van der Waals surface area contributed by atoms with E-state index in [9.17, 15) is 9.59 Å².